The van der Waals surface area contributed by atoms with E-state index in [0.717, 1.165) is 36.0 Å². The third-order valence-corrected chi connectivity index (χ3v) is 5.08. The number of benzene rings is 2. The van der Waals surface area contributed by atoms with Crippen LogP contribution in [-0.4, -0.2) is 50.1 Å². The van der Waals surface area contributed by atoms with Gasteiger partial charge in [-0.2, -0.15) is 0 Å². The average Bonchev–Trinajstić information content (AvgIpc) is 2.76. The Labute approximate surface area is 183 Å². The Kier molecular flexibility index (Phi) is 7.31. The third kappa shape index (κ3) is 5.24. The number of carbonyl (C=O) groups is 1. The van der Waals surface area contributed by atoms with Crippen molar-refractivity contribution < 1.29 is 14.3 Å². The molecule has 164 valence electrons. The molecule has 0 saturated heterocycles. The molecule has 0 atom stereocenters. The van der Waals surface area contributed by atoms with E-state index in [-0.39, 0.29) is 0 Å². The minimum Gasteiger partial charge on any atom is -0.493 e. The number of hydrogen-bond acceptors (Lipinski definition) is 6. The molecule has 3 aromatic rings. The van der Waals surface area contributed by atoms with Gasteiger partial charge in [-0.15, -0.1) is 0 Å². The molecule has 7 nitrogen and oxygen atoms in total. The lowest BCUT2D eigenvalue weighted by atomic mass is 10.1. The van der Waals surface area contributed by atoms with Crippen molar-refractivity contribution in [2.75, 3.05) is 39.7 Å². The quantitative estimate of drug-likeness (QED) is 0.481. The van der Waals surface area contributed by atoms with Gasteiger partial charge in [0.15, 0.2) is 11.5 Å². The number of methoxy groups -OCH3 is 1. The second-order valence-electron chi connectivity index (χ2n) is 7.57. The van der Waals surface area contributed by atoms with Gasteiger partial charge in [0.1, 0.15) is 0 Å². The maximum absolute atomic E-state index is 12.1. The highest BCUT2D eigenvalue weighted by Gasteiger charge is 2.17. The van der Waals surface area contributed by atoms with Gasteiger partial charge >= 0.3 is 0 Å². The molecule has 2 aromatic carbocycles. The predicted octanol–water partition coefficient (Wildman–Crippen LogP) is 3.98. The SMILES string of the molecule is CCc1ccccc1Nc1c(C(N)=O)cnc2cc(OCCCN(C)C)c(OC)cc12. The van der Waals surface area contributed by atoms with Crippen molar-refractivity contribution >= 4 is 28.2 Å². The van der Waals surface area contributed by atoms with Crippen molar-refractivity contribution in [3.63, 3.8) is 0 Å². The lowest BCUT2D eigenvalue weighted by Crippen LogP contribution is -2.16. The molecule has 31 heavy (non-hydrogen) atoms. The smallest absolute Gasteiger partial charge is 0.252 e. The number of aromatic nitrogens is 1. The number of nitrogens with two attached hydrogens (primary N) is 1. The summed E-state index contributed by atoms with van der Waals surface area (Å²) < 4.78 is 11.5. The van der Waals surface area contributed by atoms with E-state index in [4.69, 9.17) is 15.2 Å². The Morgan fingerprint density at radius 1 is 1.19 bits per heavy atom. The largest absolute Gasteiger partial charge is 0.493 e. The molecule has 0 aliphatic rings. The summed E-state index contributed by atoms with van der Waals surface area (Å²) >= 11 is 0. The minimum absolute atomic E-state index is 0.320. The fraction of sp³-hybridized carbons (Fsp3) is 0.333. The van der Waals surface area contributed by atoms with Crippen LogP contribution in [0.15, 0.2) is 42.6 Å². The molecule has 1 heterocycles. The van der Waals surface area contributed by atoms with Gasteiger partial charge < -0.3 is 25.4 Å². The third-order valence-electron chi connectivity index (χ3n) is 5.08. The summed E-state index contributed by atoms with van der Waals surface area (Å²) in [5, 5.41) is 4.15. The van der Waals surface area contributed by atoms with Gasteiger partial charge in [-0.3, -0.25) is 9.78 Å². The number of primary amides is 1. The number of rotatable bonds is 10. The Balaban J connectivity index is 2.05. The number of aryl methyl sites for hydroxylation is 1. The zero-order valence-corrected chi connectivity index (χ0v) is 18.6. The molecule has 0 fully saturated rings. The maximum Gasteiger partial charge on any atom is 0.252 e. The van der Waals surface area contributed by atoms with Gasteiger partial charge in [0, 0.05) is 29.9 Å². The van der Waals surface area contributed by atoms with E-state index in [1.54, 1.807) is 7.11 Å². The van der Waals surface area contributed by atoms with Crippen LogP contribution < -0.4 is 20.5 Å². The van der Waals surface area contributed by atoms with Crippen LogP contribution in [0.5, 0.6) is 11.5 Å². The molecular formula is C24H30N4O3. The molecule has 1 aromatic heterocycles. The first-order valence-corrected chi connectivity index (χ1v) is 10.4. The zero-order valence-electron chi connectivity index (χ0n) is 18.6. The summed E-state index contributed by atoms with van der Waals surface area (Å²) in [5.74, 6) is 0.648. The monoisotopic (exact) mass is 422 g/mol. The van der Waals surface area contributed by atoms with Crippen LogP contribution >= 0.6 is 0 Å². The maximum atomic E-state index is 12.1. The number of pyridine rings is 1. The predicted molar refractivity (Wildman–Crippen MR) is 125 cm³/mol. The van der Waals surface area contributed by atoms with E-state index in [1.165, 1.54) is 6.20 Å². The van der Waals surface area contributed by atoms with Crippen LogP contribution in [-0.2, 0) is 6.42 Å². The summed E-state index contributed by atoms with van der Waals surface area (Å²) in [4.78, 5) is 18.7. The molecule has 3 N–H and O–H groups in total. The second-order valence-corrected chi connectivity index (χ2v) is 7.57. The van der Waals surface area contributed by atoms with E-state index >= 15 is 0 Å². The first-order valence-electron chi connectivity index (χ1n) is 10.4. The summed E-state index contributed by atoms with van der Waals surface area (Å²) in [7, 11) is 5.66. The lowest BCUT2D eigenvalue weighted by Gasteiger charge is -2.18. The molecule has 7 heteroatoms. The second kappa shape index (κ2) is 10.1. The van der Waals surface area contributed by atoms with Crippen molar-refractivity contribution in [2.45, 2.75) is 19.8 Å². The lowest BCUT2D eigenvalue weighted by molar-refractivity contribution is 0.100. The minimum atomic E-state index is -0.547. The first-order chi connectivity index (χ1) is 14.9. The number of anilines is 2. The van der Waals surface area contributed by atoms with E-state index < -0.39 is 5.91 Å². The normalized spacial score (nSPS) is 11.0. The fourth-order valence-corrected chi connectivity index (χ4v) is 3.44. The standard InChI is InChI=1S/C24H30N4O3/c1-5-16-9-6-7-10-19(16)27-23-17-13-21(30-4)22(31-12-8-11-28(2)3)14-20(17)26-15-18(23)24(25)29/h6-7,9-10,13-15H,5,8,11-12H2,1-4H3,(H2,25,29)(H,26,27). The number of ether oxygens (including phenoxy) is 2. The van der Waals surface area contributed by atoms with Crippen molar-refractivity contribution in [3.8, 4) is 11.5 Å². The van der Waals surface area contributed by atoms with E-state index in [1.807, 2.05) is 44.4 Å². The Bertz CT molecular complexity index is 1070. The summed E-state index contributed by atoms with van der Waals surface area (Å²) in [6, 6.07) is 11.7. The van der Waals surface area contributed by atoms with Crippen LogP contribution in [0.4, 0.5) is 11.4 Å². The average molecular weight is 423 g/mol. The number of nitrogens with one attached hydrogen (secondary N) is 1. The summed E-state index contributed by atoms with van der Waals surface area (Å²) in [6.45, 7) is 3.58. The molecule has 1 amide bonds. The van der Waals surface area contributed by atoms with Gasteiger partial charge in [0.2, 0.25) is 0 Å². The van der Waals surface area contributed by atoms with Gasteiger partial charge in [-0.1, -0.05) is 25.1 Å². The molecule has 3 rings (SSSR count). The number of hydrogen-bond donors (Lipinski definition) is 2. The Hall–Kier alpha value is -3.32. The van der Waals surface area contributed by atoms with Gasteiger partial charge in [0.05, 0.1) is 30.5 Å². The van der Waals surface area contributed by atoms with Gasteiger partial charge in [-0.05, 0) is 44.6 Å². The van der Waals surface area contributed by atoms with E-state index in [0.29, 0.717) is 34.9 Å². The number of para-hydroxylation sites is 1. The Morgan fingerprint density at radius 3 is 2.65 bits per heavy atom. The molecule has 0 radical (unpaired) electrons. The fourth-order valence-electron chi connectivity index (χ4n) is 3.44. The highest BCUT2D eigenvalue weighted by molar-refractivity contribution is 6.08. The van der Waals surface area contributed by atoms with Crippen molar-refractivity contribution in [1.29, 1.82) is 0 Å². The van der Waals surface area contributed by atoms with Crippen molar-refractivity contribution in [2.24, 2.45) is 5.73 Å². The van der Waals surface area contributed by atoms with Gasteiger partial charge in [0.25, 0.3) is 5.91 Å². The van der Waals surface area contributed by atoms with E-state index in [2.05, 4.69) is 28.2 Å². The van der Waals surface area contributed by atoms with Crippen LogP contribution in [0.25, 0.3) is 10.9 Å². The number of fused-ring (bicyclic) bond motifs is 1. The molecule has 0 aliphatic carbocycles. The molecule has 0 spiro atoms. The number of carbonyl (C=O) groups excluding carboxylic acids is 1. The highest BCUT2D eigenvalue weighted by atomic mass is 16.5. The van der Waals surface area contributed by atoms with Crippen LogP contribution in [0.3, 0.4) is 0 Å². The Morgan fingerprint density at radius 2 is 1.97 bits per heavy atom. The van der Waals surface area contributed by atoms with Crippen LogP contribution in [0.2, 0.25) is 0 Å². The summed E-state index contributed by atoms with van der Waals surface area (Å²) in [5.41, 5.74) is 9.32. The van der Waals surface area contributed by atoms with Crippen molar-refractivity contribution in [1.82, 2.24) is 9.88 Å². The van der Waals surface area contributed by atoms with Crippen LogP contribution in [0.1, 0.15) is 29.3 Å². The van der Waals surface area contributed by atoms with E-state index in [9.17, 15) is 4.79 Å². The first kappa shape index (κ1) is 22.4. The van der Waals surface area contributed by atoms with Crippen molar-refractivity contribution in [3.05, 3.63) is 53.7 Å². The topological polar surface area (TPSA) is 89.7 Å². The molecule has 0 aliphatic heterocycles. The molecular weight excluding hydrogens is 392 g/mol. The number of nitrogens with zero attached hydrogens (tertiary/aromatic N) is 2. The molecule has 0 saturated carbocycles. The molecule has 0 unspecified atom stereocenters. The highest BCUT2D eigenvalue weighted by Crippen LogP contribution is 2.37. The molecule has 0 bridgehead atoms. The number of amides is 1. The van der Waals surface area contributed by atoms with Crippen LogP contribution in [0, 0.1) is 0 Å². The van der Waals surface area contributed by atoms with Gasteiger partial charge in [-0.25, -0.2) is 0 Å². The summed E-state index contributed by atoms with van der Waals surface area (Å²) in [6.07, 6.45) is 3.25. The zero-order chi connectivity index (χ0) is 22.4.